The fraction of sp³-hybridized carbons (Fsp3) is 0. The van der Waals surface area contributed by atoms with Gasteiger partial charge in [-0.25, -0.2) is 14.2 Å². The number of carboxylic acids is 1. The number of imidazole rings is 1. The van der Waals surface area contributed by atoms with Crippen molar-refractivity contribution in [1.29, 1.82) is 0 Å². The van der Waals surface area contributed by atoms with E-state index >= 15 is 0 Å². The summed E-state index contributed by atoms with van der Waals surface area (Å²) in [5.74, 6) is -1.37. The van der Waals surface area contributed by atoms with E-state index in [9.17, 15) is 9.18 Å². The normalized spacial score (nSPS) is 11.3. The molecule has 16 heavy (non-hydrogen) atoms. The zero-order chi connectivity index (χ0) is 11.3. The van der Waals surface area contributed by atoms with Crippen molar-refractivity contribution in [3.8, 4) is 0 Å². The van der Waals surface area contributed by atoms with E-state index in [0.29, 0.717) is 4.96 Å². The maximum absolute atomic E-state index is 13.0. The van der Waals surface area contributed by atoms with Gasteiger partial charge in [-0.1, -0.05) is 11.3 Å². The number of hydrogen-bond acceptors (Lipinski definition) is 3. The first kappa shape index (κ1) is 9.29. The highest BCUT2D eigenvalue weighted by molar-refractivity contribution is 7.23. The number of carboxylic acid groups (broad SMARTS) is 1. The molecule has 0 aliphatic carbocycles. The summed E-state index contributed by atoms with van der Waals surface area (Å²) in [6, 6.07) is 4.37. The van der Waals surface area contributed by atoms with Crippen molar-refractivity contribution in [2.24, 2.45) is 0 Å². The molecule has 0 atom stereocenters. The zero-order valence-corrected chi connectivity index (χ0v) is 8.66. The van der Waals surface area contributed by atoms with Gasteiger partial charge < -0.3 is 5.11 Å². The van der Waals surface area contributed by atoms with Crippen LogP contribution in [0.1, 0.15) is 10.5 Å². The second kappa shape index (κ2) is 3.02. The molecule has 80 valence electrons. The average molecular weight is 236 g/mol. The third kappa shape index (κ3) is 1.20. The molecule has 0 spiro atoms. The topological polar surface area (TPSA) is 54.6 Å². The van der Waals surface area contributed by atoms with Gasteiger partial charge >= 0.3 is 5.97 Å². The molecule has 0 amide bonds. The molecule has 0 aliphatic heterocycles. The lowest BCUT2D eigenvalue weighted by molar-refractivity contribution is 0.0691. The molecule has 0 fully saturated rings. The van der Waals surface area contributed by atoms with Crippen molar-refractivity contribution in [3.63, 3.8) is 0 Å². The van der Waals surface area contributed by atoms with Crippen LogP contribution in [-0.4, -0.2) is 20.5 Å². The van der Waals surface area contributed by atoms with Crippen molar-refractivity contribution in [2.45, 2.75) is 0 Å². The van der Waals surface area contributed by atoms with E-state index in [2.05, 4.69) is 4.98 Å². The summed E-state index contributed by atoms with van der Waals surface area (Å²) in [6.45, 7) is 0. The maximum atomic E-state index is 13.0. The Balaban J connectivity index is 2.38. The van der Waals surface area contributed by atoms with Gasteiger partial charge in [-0.3, -0.25) is 4.40 Å². The molecule has 0 unspecified atom stereocenters. The number of halogens is 1. The van der Waals surface area contributed by atoms with E-state index in [4.69, 9.17) is 5.11 Å². The lowest BCUT2D eigenvalue weighted by Crippen LogP contribution is -1.95. The lowest BCUT2D eigenvalue weighted by atomic mass is 10.3. The van der Waals surface area contributed by atoms with Gasteiger partial charge in [0.05, 0.1) is 10.2 Å². The highest BCUT2D eigenvalue weighted by atomic mass is 32.1. The predicted molar refractivity (Wildman–Crippen MR) is 57.5 cm³/mol. The van der Waals surface area contributed by atoms with E-state index in [1.807, 2.05) is 0 Å². The Kier molecular flexibility index (Phi) is 1.75. The maximum Gasteiger partial charge on any atom is 0.356 e. The molecule has 0 radical (unpaired) electrons. The number of rotatable bonds is 1. The van der Waals surface area contributed by atoms with Crippen LogP contribution in [-0.2, 0) is 0 Å². The Bertz CT molecular complexity index is 716. The molecule has 0 aliphatic rings. The molecule has 1 N–H and O–H groups in total. The molecule has 3 rings (SSSR count). The van der Waals surface area contributed by atoms with Crippen LogP contribution in [0.3, 0.4) is 0 Å². The van der Waals surface area contributed by atoms with E-state index in [1.54, 1.807) is 10.5 Å². The van der Waals surface area contributed by atoms with Crippen molar-refractivity contribution < 1.29 is 14.3 Å². The highest BCUT2D eigenvalue weighted by Gasteiger charge is 2.13. The molecule has 0 bridgehead atoms. The molecule has 3 aromatic rings. The summed E-state index contributed by atoms with van der Waals surface area (Å²) in [5.41, 5.74) is 0.763. The van der Waals surface area contributed by atoms with Crippen LogP contribution in [0.25, 0.3) is 15.2 Å². The fourth-order valence-corrected chi connectivity index (χ4v) is 2.61. The number of fused-ring (bicyclic) bond motifs is 3. The Hall–Kier alpha value is -1.95. The summed E-state index contributed by atoms with van der Waals surface area (Å²) in [7, 11) is 0. The third-order valence-corrected chi connectivity index (χ3v) is 3.29. The predicted octanol–water partition coefficient (Wildman–Crippen LogP) is 2.39. The zero-order valence-electron chi connectivity index (χ0n) is 7.85. The van der Waals surface area contributed by atoms with Gasteiger partial charge in [0.1, 0.15) is 5.82 Å². The Morgan fingerprint density at radius 1 is 1.50 bits per heavy atom. The van der Waals surface area contributed by atoms with Gasteiger partial charge in [-0.05, 0) is 18.2 Å². The van der Waals surface area contributed by atoms with Crippen LogP contribution < -0.4 is 0 Å². The van der Waals surface area contributed by atoms with Crippen LogP contribution >= 0.6 is 11.3 Å². The molecular formula is C10H5FN2O2S. The molecule has 2 heterocycles. The van der Waals surface area contributed by atoms with Crippen LogP contribution in [0.5, 0.6) is 0 Å². The number of carbonyl (C=O) groups is 1. The van der Waals surface area contributed by atoms with Gasteiger partial charge in [-0.2, -0.15) is 0 Å². The third-order valence-electron chi connectivity index (χ3n) is 2.28. The Morgan fingerprint density at radius 2 is 2.31 bits per heavy atom. The monoisotopic (exact) mass is 236 g/mol. The van der Waals surface area contributed by atoms with E-state index in [1.165, 1.54) is 29.7 Å². The summed E-state index contributed by atoms with van der Waals surface area (Å²) in [4.78, 5) is 15.2. The lowest BCUT2D eigenvalue weighted by Gasteiger charge is -1.90. The smallest absolute Gasteiger partial charge is 0.356 e. The second-order valence-electron chi connectivity index (χ2n) is 3.30. The summed E-state index contributed by atoms with van der Waals surface area (Å²) in [6.07, 6.45) is 1.44. The molecular weight excluding hydrogens is 231 g/mol. The first-order chi connectivity index (χ1) is 7.65. The molecule has 6 heteroatoms. The molecule has 0 saturated carbocycles. The minimum Gasteiger partial charge on any atom is -0.476 e. The number of nitrogens with zero attached hydrogens (tertiary/aromatic N) is 2. The van der Waals surface area contributed by atoms with E-state index < -0.39 is 5.97 Å². The number of benzene rings is 1. The van der Waals surface area contributed by atoms with Gasteiger partial charge in [-0.15, -0.1) is 0 Å². The van der Waals surface area contributed by atoms with Crippen LogP contribution in [0.2, 0.25) is 0 Å². The van der Waals surface area contributed by atoms with Gasteiger partial charge in [0.2, 0.25) is 0 Å². The number of aromatic carboxylic acids is 1. The SMILES string of the molecule is O=C(O)c1cn2c(n1)sc1cc(F)ccc12. The molecule has 2 aromatic heterocycles. The molecule has 1 aromatic carbocycles. The summed E-state index contributed by atoms with van der Waals surface area (Å²) in [5, 5.41) is 8.79. The summed E-state index contributed by atoms with van der Waals surface area (Å²) >= 11 is 1.26. The fourth-order valence-electron chi connectivity index (χ4n) is 1.58. The number of hydrogen-bond donors (Lipinski definition) is 1. The van der Waals surface area contributed by atoms with Gasteiger partial charge in [0, 0.05) is 6.20 Å². The van der Waals surface area contributed by atoms with Crippen LogP contribution in [0.4, 0.5) is 4.39 Å². The van der Waals surface area contributed by atoms with Gasteiger partial charge in [0.15, 0.2) is 10.7 Å². The Morgan fingerprint density at radius 3 is 3.06 bits per heavy atom. The quantitative estimate of drug-likeness (QED) is 0.705. The first-order valence-electron chi connectivity index (χ1n) is 4.45. The largest absolute Gasteiger partial charge is 0.476 e. The number of thiazole rings is 1. The standard InChI is InChI=1S/C10H5FN2O2S/c11-5-1-2-7-8(3-5)16-10-12-6(9(14)15)4-13(7)10/h1-4H,(H,14,15). The summed E-state index contributed by atoms with van der Waals surface area (Å²) < 4.78 is 15.4. The second-order valence-corrected chi connectivity index (χ2v) is 4.31. The first-order valence-corrected chi connectivity index (χ1v) is 5.27. The van der Waals surface area contributed by atoms with Crippen LogP contribution in [0.15, 0.2) is 24.4 Å². The van der Waals surface area contributed by atoms with E-state index in [0.717, 1.165) is 10.2 Å². The van der Waals surface area contributed by atoms with Gasteiger partial charge in [0.25, 0.3) is 0 Å². The molecule has 0 saturated heterocycles. The van der Waals surface area contributed by atoms with Crippen molar-refractivity contribution in [2.75, 3.05) is 0 Å². The number of aromatic nitrogens is 2. The Labute approximate surface area is 92.6 Å². The highest BCUT2D eigenvalue weighted by Crippen LogP contribution is 2.26. The average Bonchev–Trinajstić information content (AvgIpc) is 2.73. The van der Waals surface area contributed by atoms with Crippen LogP contribution in [0, 0.1) is 5.82 Å². The van der Waals surface area contributed by atoms with E-state index in [-0.39, 0.29) is 11.5 Å². The molecule has 4 nitrogen and oxygen atoms in total. The minimum atomic E-state index is -1.06. The van der Waals surface area contributed by atoms with Crippen molar-refractivity contribution in [3.05, 3.63) is 35.9 Å². The minimum absolute atomic E-state index is 0.00234. The van der Waals surface area contributed by atoms with Crippen molar-refractivity contribution in [1.82, 2.24) is 9.38 Å². The van der Waals surface area contributed by atoms with Crippen molar-refractivity contribution >= 4 is 32.5 Å².